The maximum absolute atomic E-state index is 11.0. The van der Waals surface area contributed by atoms with Crippen LogP contribution in [0.5, 0.6) is 0 Å². The molecule has 1 aromatic heterocycles. The SMILES string of the molecule is CC(S)C(=O)Nc1nncs1. The molecule has 4 nitrogen and oxygen atoms in total. The van der Waals surface area contributed by atoms with E-state index < -0.39 is 0 Å². The van der Waals surface area contributed by atoms with E-state index in [1.54, 1.807) is 12.4 Å². The van der Waals surface area contributed by atoms with Gasteiger partial charge in [-0.2, -0.15) is 12.6 Å². The minimum atomic E-state index is -0.320. The van der Waals surface area contributed by atoms with Gasteiger partial charge >= 0.3 is 0 Å². The second kappa shape index (κ2) is 3.68. The lowest BCUT2D eigenvalue weighted by Crippen LogP contribution is -2.20. The Hall–Kier alpha value is -0.620. The highest BCUT2D eigenvalue weighted by atomic mass is 32.1. The van der Waals surface area contributed by atoms with Crippen molar-refractivity contribution in [3.05, 3.63) is 5.51 Å². The van der Waals surface area contributed by atoms with E-state index in [1.165, 1.54) is 11.3 Å². The van der Waals surface area contributed by atoms with Crippen molar-refractivity contribution in [3.8, 4) is 0 Å². The van der Waals surface area contributed by atoms with Gasteiger partial charge in [-0.05, 0) is 6.92 Å². The summed E-state index contributed by atoms with van der Waals surface area (Å²) in [4.78, 5) is 11.0. The molecule has 11 heavy (non-hydrogen) atoms. The standard InChI is InChI=1S/C5H7N3OS2/c1-3(10)4(9)7-5-8-6-2-11-5/h2-3,10H,1H3,(H,7,8,9). The lowest BCUT2D eigenvalue weighted by Gasteiger charge is -2.01. The number of carbonyl (C=O) groups excluding carboxylic acids is 1. The molecule has 0 aliphatic heterocycles. The number of anilines is 1. The summed E-state index contributed by atoms with van der Waals surface area (Å²) < 4.78 is 0. The number of rotatable bonds is 2. The van der Waals surface area contributed by atoms with Gasteiger partial charge in [0.1, 0.15) is 5.51 Å². The maximum atomic E-state index is 11.0. The number of carbonyl (C=O) groups is 1. The molecule has 1 aromatic rings. The normalized spacial score (nSPS) is 12.5. The number of nitrogens with one attached hydrogen (secondary N) is 1. The Labute approximate surface area is 73.4 Å². The zero-order valence-electron chi connectivity index (χ0n) is 5.81. The van der Waals surface area contributed by atoms with Crippen LogP contribution in [0.2, 0.25) is 0 Å². The van der Waals surface area contributed by atoms with E-state index in [9.17, 15) is 4.79 Å². The molecule has 1 heterocycles. The van der Waals surface area contributed by atoms with Crippen LogP contribution in [0.15, 0.2) is 5.51 Å². The van der Waals surface area contributed by atoms with Gasteiger partial charge in [0.15, 0.2) is 0 Å². The Morgan fingerprint density at radius 2 is 2.64 bits per heavy atom. The topological polar surface area (TPSA) is 54.9 Å². The smallest absolute Gasteiger partial charge is 0.238 e. The molecule has 1 unspecified atom stereocenters. The molecule has 0 aliphatic rings. The predicted octanol–water partition coefficient (Wildman–Crippen LogP) is 0.795. The third-order valence-corrected chi connectivity index (χ3v) is 1.81. The lowest BCUT2D eigenvalue weighted by atomic mass is 10.4. The first-order valence-electron chi connectivity index (χ1n) is 2.95. The van der Waals surface area contributed by atoms with E-state index in [-0.39, 0.29) is 11.2 Å². The summed E-state index contributed by atoms with van der Waals surface area (Å²) in [5.41, 5.74) is 1.55. The highest BCUT2D eigenvalue weighted by Crippen LogP contribution is 2.08. The minimum absolute atomic E-state index is 0.162. The molecular weight excluding hydrogens is 182 g/mol. The van der Waals surface area contributed by atoms with Gasteiger partial charge in [-0.3, -0.25) is 10.1 Å². The summed E-state index contributed by atoms with van der Waals surface area (Å²) in [7, 11) is 0. The molecule has 1 N–H and O–H groups in total. The lowest BCUT2D eigenvalue weighted by molar-refractivity contribution is -0.115. The van der Waals surface area contributed by atoms with Crippen LogP contribution in [0.4, 0.5) is 5.13 Å². The van der Waals surface area contributed by atoms with Crippen LogP contribution in [0.1, 0.15) is 6.92 Å². The van der Waals surface area contributed by atoms with Gasteiger partial charge in [0.25, 0.3) is 0 Å². The molecule has 0 fully saturated rings. The first-order valence-corrected chi connectivity index (χ1v) is 4.35. The molecule has 0 saturated heterocycles. The number of aromatic nitrogens is 2. The molecule has 1 rings (SSSR count). The van der Waals surface area contributed by atoms with E-state index >= 15 is 0 Å². The van der Waals surface area contributed by atoms with Crippen molar-refractivity contribution in [2.45, 2.75) is 12.2 Å². The molecule has 1 atom stereocenters. The third-order valence-electron chi connectivity index (χ3n) is 0.970. The number of hydrogen-bond donors (Lipinski definition) is 2. The Morgan fingerprint density at radius 1 is 1.91 bits per heavy atom. The van der Waals surface area contributed by atoms with Crippen molar-refractivity contribution in [1.29, 1.82) is 0 Å². The Kier molecular flexibility index (Phi) is 2.84. The van der Waals surface area contributed by atoms with Crippen LogP contribution in [0.3, 0.4) is 0 Å². The van der Waals surface area contributed by atoms with Crippen LogP contribution >= 0.6 is 24.0 Å². The van der Waals surface area contributed by atoms with Crippen molar-refractivity contribution in [2.75, 3.05) is 5.32 Å². The van der Waals surface area contributed by atoms with Gasteiger partial charge in [0, 0.05) is 0 Å². The summed E-state index contributed by atoms with van der Waals surface area (Å²) >= 11 is 5.23. The molecule has 0 aliphatic carbocycles. The minimum Gasteiger partial charge on any atom is -0.300 e. The van der Waals surface area contributed by atoms with Crippen LogP contribution in [-0.2, 0) is 4.79 Å². The molecule has 60 valence electrons. The highest BCUT2D eigenvalue weighted by Gasteiger charge is 2.08. The zero-order chi connectivity index (χ0) is 8.27. The van der Waals surface area contributed by atoms with Crippen LogP contribution in [0, 0.1) is 0 Å². The largest absolute Gasteiger partial charge is 0.300 e. The summed E-state index contributed by atoms with van der Waals surface area (Å²) in [6, 6.07) is 0. The molecule has 6 heteroatoms. The van der Waals surface area contributed by atoms with Gasteiger partial charge in [-0.1, -0.05) is 11.3 Å². The van der Waals surface area contributed by atoms with Crippen molar-refractivity contribution in [2.24, 2.45) is 0 Å². The van der Waals surface area contributed by atoms with Gasteiger partial charge in [-0.25, -0.2) is 0 Å². The van der Waals surface area contributed by atoms with Crippen molar-refractivity contribution in [1.82, 2.24) is 10.2 Å². The monoisotopic (exact) mass is 189 g/mol. The fraction of sp³-hybridized carbons (Fsp3) is 0.400. The van der Waals surface area contributed by atoms with E-state index in [2.05, 4.69) is 28.1 Å². The first kappa shape index (κ1) is 8.48. The summed E-state index contributed by atoms with van der Waals surface area (Å²) in [6.07, 6.45) is 0. The van der Waals surface area contributed by atoms with Crippen molar-refractivity contribution >= 4 is 35.0 Å². The first-order chi connectivity index (χ1) is 5.20. The van der Waals surface area contributed by atoms with Crippen molar-refractivity contribution < 1.29 is 4.79 Å². The fourth-order valence-electron chi connectivity index (χ4n) is 0.437. The van der Waals surface area contributed by atoms with Gasteiger partial charge in [-0.15, -0.1) is 10.2 Å². The Balaban J connectivity index is 2.50. The second-order valence-corrected chi connectivity index (χ2v) is 3.52. The Bertz CT molecular complexity index is 234. The average Bonchev–Trinajstić information content (AvgIpc) is 2.39. The maximum Gasteiger partial charge on any atom is 0.238 e. The summed E-state index contributed by atoms with van der Waals surface area (Å²) in [5.74, 6) is -0.162. The molecule has 0 saturated carbocycles. The van der Waals surface area contributed by atoms with Gasteiger partial charge in [0.05, 0.1) is 5.25 Å². The summed E-state index contributed by atoms with van der Waals surface area (Å²) in [6.45, 7) is 1.69. The fourth-order valence-corrected chi connectivity index (χ4v) is 0.950. The van der Waals surface area contributed by atoms with Crippen LogP contribution < -0.4 is 5.32 Å². The molecule has 0 spiro atoms. The average molecular weight is 189 g/mol. The third kappa shape index (κ3) is 2.47. The predicted molar refractivity (Wildman–Crippen MR) is 47.0 cm³/mol. The quantitative estimate of drug-likeness (QED) is 0.676. The van der Waals surface area contributed by atoms with Gasteiger partial charge in [0.2, 0.25) is 11.0 Å². The number of nitrogens with zero attached hydrogens (tertiary/aromatic N) is 2. The molecule has 0 radical (unpaired) electrons. The van der Waals surface area contributed by atoms with E-state index in [1.807, 2.05) is 0 Å². The second-order valence-electron chi connectivity index (χ2n) is 1.91. The zero-order valence-corrected chi connectivity index (χ0v) is 7.52. The summed E-state index contributed by atoms with van der Waals surface area (Å²) in [5, 5.41) is 9.95. The van der Waals surface area contributed by atoms with E-state index in [4.69, 9.17) is 0 Å². The van der Waals surface area contributed by atoms with E-state index in [0.29, 0.717) is 5.13 Å². The molecule has 0 aromatic carbocycles. The van der Waals surface area contributed by atoms with Crippen LogP contribution in [-0.4, -0.2) is 21.4 Å². The van der Waals surface area contributed by atoms with E-state index in [0.717, 1.165) is 0 Å². The van der Waals surface area contributed by atoms with Crippen molar-refractivity contribution in [3.63, 3.8) is 0 Å². The number of amides is 1. The highest BCUT2D eigenvalue weighted by molar-refractivity contribution is 7.81. The Morgan fingerprint density at radius 3 is 3.09 bits per heavy atom. The van der Waals surface area contributed by atoms with Gasteiger partial charge < -0.3 is 0 Å². The molecule has 1 amide bonds. The number of hydrogen-bond acceptors (Lipinski definition) is 5. The molecule has 0 bridgehead atoms. The van der Waals surface area contributed by atoms with Crippen LogP contribution in [0.25, 0.3) is 0 Å². The number of thiol groups is 1. The molecular formula is C5H7N3OS2.